The van der Waals surface area contributed by atoms with Crippen molar-refractivity contribution in [3.63, 3.8) is 0 Å². The molecule has 10 heteroatoms. The van der Waals surface area contributed by atoms with Gasteiger partial charge in [0, 0.05) is 19.9 Å². The van der Waals surface area contributed by atoms with Crippen molar-refractivity contribution in [2.45, 2.75) is 18.8 Å². The molecule has 0 radical (unpaired) electrons. The van der Waals surface area contributed by atoms with Crippen molar-refractivity contribution in [1.29, 1.82) is 0 Å². The lowest BCUT2D eigenvalue weighted by Crippen LogP contribution is -2.43. The summed E-state index contributed by atoms with van der Waals surface area (Å²) in [5, 5.41) is 10.4. The minimum absolute atomic E-state index is 0.0163. The number of allylic oxidation sites excluding steroid dienone is 2. The van der Waals surface area contributed by atoms with Crippen LogP contribution in [0.1, 0.15) is 24.3 Å². The highest BCUT2D eigenvalue weighted by Crippen LogP contribution is 2.59. The minimum atomic E-state index is -0.739. The molecule has 6 atom stereocenters. The minimum Gasteiger partial charge on any atom is -0.508 e. The van der Waals surface area contributed by atoms with E-state index in [2.05, 4.69) is 31.9 Å². The van der Waals surface area contributed by atoms with E-state index in [1.165, 1.54) is 21.9 Å². The average molecular weight is 711 g/mol. The van der Waals surface area contributed by atoms with Crippen molar-refractivity contribution in [2.75, 3.05) is 9.80 Å². The van der Waals surface area contributed by atoms with E-state index in [1.54, 1.807) is 54.6 Å². The van der Waals surface area contributed by atoms with E-state index in [4.69, 9.17) is 11.6 Å². The van der Waals surface area contributed by atoms with Crippen LogP contribution in [0.3, 0.4) is 0 Å². The number of amides is 4. The Hall–Kier alpha value is -3.27. The number of fused-ring (bicyclic) bond motifs is 4. The Morgan fingerprint density at radius 2 is 1.24 bits per heavy atom. The molecule has 2 aliphatic heterocycles. The summed E-state index contributed by atoms with van der Waals surface area (Å²) in [6.45, 7) is 0. The van der Waals surface area contributed by atoms with Crippen LogP contribution in [0, 0.1) is 29.6 Å². The summed E-state index contributed by atoms with van der Waals surface area (Å²) in [7, 11) is 0. The summed E-state index contributed by atoms with van der Waals surface area (Å²) in [6, 6.07) is 18.7. The zero-order valence-corrected chi connectivity index (χ0v) is 25.8. The van der Waals surface area contributed by atoms with E-state index in [0.29, 0.717) is 23.4 Å². The van der Waals surface area contributed by atoms with Gasteiger partial charge in [-0.05, 0) is 85.0 Å². The molecule has 1 saturated carbocycles. The number of phenolic OH excluding ortho intramolecular Hbond substituents is 1. The van der Waals surface area contributed by atoms with Gasteiger partial charge < -0.3 is 5.11 Å². The van der Waals surface area contributed by atoms with Crippen LogP contribution < -0.4 is 9.80 Å². The third kappa shape index (κ3) is 4.12. The number of benzene rings is 3. The molecule has 0 aromatic heterocycles. The third-order valence-electron chi connectivity index (χ3n) is 9.14. The van der Waals surface area contributed by atoms with Crippen LogP contribution in [-0.4, -0.2) is 28.7 Å². The Bertz CT molecular complexity index is 1710. The number of halogens is 3. The molecule has 1 N–H and O–H groups in total. The van der Waals surface area contributed by atoms with Gasteiger partial charge in [0.1, 0.15) is 5.75 Å². The predicted octanol–water partition coefficient (Wildman–Crippen LogP) is 6.62. The van der Waals surface area contributed by atoms with Gasteiger partial charge >= 0.3 is 0 Å². The molecule has 3 aromatic carbocycles. The van der Waals surface area contributed by atoms with Crippen molar-refractivity contribution < 1.29 is 24.3 Å². The third-order valence-corrected chi connectivity index (χ3v) is 10.5. The molecule has 0 unspecified atom stereocenters. The van der Waals surface area contributed by atoms with Crippen molar-refractivity contribution in [1.82, 2.24) is 0 Å². The lowest BCUT2D eigenvalue weighted by atomic mass is 9.57. The van der Waals surface area contributed by atoms with E-state index in [0.717, 1.165) is 14.5 Å². The van der Waals surface area contributed by atoms with Gasteiger partial charge in [0.15, 0.2) is 0 Å². The molecule has 7 nitrogen and oxygen atoms in total. The first kappa shape index (κ1) is 27.6. The second kappa shape index (κ2) is 10.2. The topological polar surface area (TPSA) is 95.0 Å². The molecule has 0 spiro atoms. The fourth-order valence-corrected chi connectivity index (χ4v) is 8.22. The second-order valence-electron chi connectivity index (χ2n) is 11.2. The van der Waals surface area contributed by atoms with Crippen molar-refractivity contribution in [2.24, 2.45) is 29.6 Å². The predicted molar refractivity (Wildman–Crippen MR) is 164 cm³/mol. The van der Waals surface area contributed by atoms with E-state index in [1.807, 2.05) is 6.08 Å². The highest BCUT2D eigenvalue weighted by molar-refractivity contribution is 9.10. The van der Waals surface area contributed by atoms with Gasteiger partial charge in [-0.3, -0.25) is 29.0 Å². The Labute approximate surface area is 263 Å². The molecule has 4 aliphatic rings. The summed E-state index contributed by atoms with van der Waals surface area (Å²) in [5.41, 5.74) is 2.44. The van der Waals surface area contributed by atoms with Gasteiger partial charge in [-0.25, -0.2) is 0 Å². The molecule has 2 heterocycles. The number of aromatic hydroxyl groups is 1. The van der Waals surface area contributed by atoms with Crippen LogP contribution >= 0.6 is 43.5 Å². The largest absolute Gasteiger partial charge is 0.508 e. The van der Waals surface area contributed by atoms with Crippen molar-refractivity contribution >= 4 is 78.5 Å². The maximum atomic E-state index is 14.1. The Morgan fingerprint density at radius 3 is 1.81 bits per heavy atom. The highest BCUT2D eigenvalue weighted by Gasteiger charge is 2.62. The van der Waals surface area contributed by atoms with Crippen LogP contribution in [0.15, 0.2) is 87.3 Å². The Morgan fingerprint density at radius 1 is 0.690 bits per heavy atom. The second-order valence-corrected chi connectivity index (χ2v) is 13.4. The normalized spacial score (nSPS) is 28.5. The summed E-state index contributed by atoms with van der Waals surface area (Å²) in [5.74, 6) is -4.91. The lowest BCUT2D eigenvalue weighted by molar-refractivity contribution is -0.126. The quantitative estimate of drug-likeness (QED) is 0.244. The molecule has 3 aromatic rings. The molecule has 4 amide bonds. The first-order valence-corrected chi connectivity index (χ1v) is 15.6. The standard InChI is InChI=1S/C32H23Br2ClN2O5/c33-15-1-5-17(6-2-15)36-29(39)22-12-11-20-23(27(22)31(36)41)14-24-28(26(20)21-10-9-19(38)13-25(21)35)32(42)37(30(24)40)18-7-3-16(34)4-8-18/h1-11,13,22-24,26-28,38H,12,14H2/t22-,23+,24+,26+,27-,28+/m0/s1. The van der Waals surface area contributed by atoms with Gasteiger partial charge in [0.2, 0.25) is 23.6 Å². The number of rotatable bonds is 3. The molecular weight excluding hydrogens is 688 g/mol. The lowest BCUT2D eigenvalue weighted by Gasteiger charge is -2.44. The number of phenols is 1. The summed E-state index contributed by atoms with van der Waals surface area (Å²) in [4.78, 5) is 58.3. The molecule has 7 rings (SSSR count). The van der Waals surface area contributed by atoms with Gasteiger partial charge in [0.25, 0.3) is 0 Å². The number of imide groups is 2. The van der Waals surface area contributed by atoms with Crippen molar-refractivity contribution in [3.05, 3.63) is 97.9 Å². The van der Waals surface area contributed by atoms with Crippen LogP contribution in [-0.2, 0) is 19.2 Å². The average Bonchev–Trinajstić information content (AvgIpc) is 3.37. The number of nitrogens with zero attached hydrogens (tertiary/aromatic N) is 2. The van der Waals surface area contributed by atoms with Gasteiger partial charge in [-0.2, -0.15) is 0 Å². The van der Waals surface area contributed by atoms with Gasteiger partial charge in [-0.1, -0.05) is 61.2 Å². The molecule has 42 heavy (non-hydrogen) atoms. The summed E-state index contributed by atoms with van der Waals surface area (Å²) < 4.78 is 1.65. The van der Waals surface area contributed by atoms with Crippen LogP contribution in [0.2, 0.25) is 5.02 Å². The van der Waals surface area contributed by atoms with E-state index < -0.39 is 35.5 Å². The maximum absolute atomic E-state index is 14.1. The molecule has 2 saturated heterocycles. The van der Waals surface area contributed by atoms with Crippen LogP contribution in [0.5, 0.6) is 5.75 Å². The summed E-state index contributed by atoms with van der Waals surface area (Å²) >= 11 is 13.5. The number of anilines is 2. The van der Waals surface area contributed by atoms with Crippen molar-refractivity contribution in [3.8, 4) is 5.75 Å². The Kier molecular flexibility index (Phi) is 6.68. The number of hydrogen-bond donors (Lipinski definition) is 1. The van der Waals surface area contributed by atoms with Crippen LogP contribution in [0.4, 0.5) is 11.4 Å². The van der Waals surface area contributed by atoms with E-state index >= 15 is 0 Å². The highest BCUT2D eigenvalue weighted by atomic mass is 79.9. The molecule has 212 valence electrons. The molecular formula is C32H23Br2ClN2O5. The number of carbonyl (C=O) groups excluding carboxylic acids is 4. The zero-order valence-electron chi connectivity index (χ0n) is 21.9. The van der Waals surface area contributed by atoms with Gasteiger partial charge in [-0.15, -0.1) is 0 Å². The monoisotopic (exact) mass is 708 g/mol. The van der Waals surface area contributed by atoms with Crippen LogP contribution in [0.25, 0.3) is 0 Å². The fourth-order valence-electron chi connectivity index (χ4n) is 7.39. The SMILES string of the molecule is O=C1[C@H]2[C@H](CC=C3[C@H]2C[C@H]2C(=O)N(c4ccc(Br)cc4)C(=O)[C@H]2[C@H]3c2ccc(O)cc2Cl)C(=O)N1c1ccc(Br)cc1. The molecule has 2 aliphatic carbocycles. The molecule has 0 bridgehead atoms. The number of carbonyl (C=O) groups is 4. The maximum Gasteiger partial charge on any atom is 0.238 e. The van der Waals surface area contributed by atoms with E-state index in [-0.39, 0.29) is 40.8 Å². The fraction of sp³-hybridized carbons (Fsp3) is 0.250. The zero-order chi connectivity index (χ0) is 29.4. The first-order valence-electron chi connectivity index (χ1n) is 13.6. The van der Waals surface area contributed by atoms with E-state index in [9.17, 15) is 24.3 Å². The summed E-state index contributed by atoms with van der Waals surface area (Å²) in [6.07, 6.45) is 2.59. The first-order chi connectivity index (χ1) is 20.2. The number of hydrogen-bond acceptors (Lipinski definition) is 5. The smallest absolute Gasteiger partial charge is 0.238 e. The molecule has 3 fully saturated rings. The van der Waals surface area contributed by atoms with Gasteiger partial charge in [0.05, 0.1) is 35.0 Å². The Balaban J connectivity index is 1.34.